The van der Waals surface area contributed by atoms with Gasteiger partial charge in [0.2, 0.25) is 6.10 Å². The molecule has 42 heavy (non-hydrogen) atoms. The number of carboxylic acids is 1. The van der Waals surface area contributed by atoms with Gasteiger partial charge in [0.25, 0.3) is 11.8 Å². The van der Waals surface area contributed by atoms with E-state index in [0.29, 0.717) is 17.7 Å². The smallest absolute Gasteiger partial charge is 0.335 e. The summed E-state index contributed by atoms with van der Waals surface area (Å²) in [6, 6.07) is 14.6. The average Bonchev–Trinajstić information content (AvgIpc) is 3.71. The van der Waals surface area contributed by atoms with Crippen LogP contribution in [0.3, 0.4) is 0 Å². The van der Waals surface area contributed by atoms with Crippen molar-refractivity contribution < 1.29 is 28.7 Å². The van der Waals surface area contributed by atoms with Crippen LogP contribution in [-0.4, -0.2) is 60.9 Å². The van der Waals surface area contributed by atoms with Gasteiger partial charge in [-0.05, 0) is 60.0 Å². The zero-order valence-corrected chi connectivity index (χ0v) is 22.5. The van der Waals surface area contributed by atoms with Crippen LogP contribution in [0.4, 0.5) is 10.1 Å². The van der Waals surface area contributed by atoms with Crippen molar-refractivity contribution in [3.8, 4) is 5.69 Å². The van der Waals surface area contributed by atoms with Crippen molar-refractivity contribution in [3.05, 3.63) is 106 Å². The summed E-state index contributed by atoms with van der Waals surface area (Å²) < 4.78 is 16.4. The summed E-state index contributed by atoms with van der Waals surface area (Å²) in [5, 5.41) is 23.7. The SMILES string of the molecule is O=C(O)c1ccc(NC(=O)[C@H]2c3cccc(-n4cnnc4)c3CCN2C(=O)C2CC(c3cccc(Cl)c3F)=NO2)cc1. The Hall–Kier alpha value is -5.10. The molecule has 2 atom stereocenters. The number of fused-ring (bicyclic) bond motifs is 1. The van der Waals surface area contributed by atoms with Gasteiger partial charge in [-0.3, -0.25) is 14.2 Å². The second kappa shape index (κ2) is 11.1. The van der Waals surface area contributed by atoms with Gasteiger partial charge in [0.05, 0.1) is 22.0 Å². The second-order valence-corrected chi connectivity index (χ2v) is 10.1. The molecule has 0 spiro atoms. The fraction of sp³-hybridized carbons (Fsp3) is 0.172. The van der Waals surface area contributed by atoms with Crippen LogP contribution in [0.5, 0.6) is 0 Å². The number of halogens is 2. The molecule has 0 fully saturated rings. The molecule has 0 bridgehead atoms. The summed E-state index contributed by atoms with van der Waals surface area (Å²) in [5.74, 6) is -2.75. The normalized spacial score (nSPS) is 17.7. The number of carbonyl (C=O) groups is 3. The number of aromatic carboxylic acids is 1. The van der Waals surface area contributed by atoms with Gasteiger partial charge < -0.3 is 20.2 Å². The minimum atomic E-state index is -1.09. The summed E-state index contributed by atoms with van der Waals surface area (Å²) in [7, 11) is 0. The molecule has 3 heterocycles. The van der Waals surface area contributed by atoms with Crippen molar-refractivity contribution in [2.24, 2.45) is 5.16 Å². The largest absolute Gasteiger partial charge is 0.478 e. The number of amides is 2. The molecule has 1 unspecified atom stereocenters. The topological polar surface area (TPSA) is 139 Å². The summed E-state index contributed by atoms with van der Waals surface area (Å²) in [4.78, 5) is 45.9. The molecule has 1 aromatic heterocycles. The number of aromatic nitrogens is 3. The Morgan fingerprint density at radius 1 is 1.02 bits per heavy atom. The monoisotopic (exact) mass is 588 g/mol. The third-order valence-corrected chi connectivity index (χ3v) is 7.52. The highest BCUT2D eigenvalue weighted by atomic mass is 35.5. The summed E-state index contributed by atoms with van der Waals surface area (Å²) in [5.41, 5.74) is 3.01. The minimum absolute atomic E-state index is 0.00874. The van der Waals surface area contributed by atoms with E-state index in [1.807, 2.05) is 6.07 Å². The third kappa shape index (κ3) is 4.96. The molecule has 13 heteroatoms. The van der Waals surface area contributed by atoms with E-state index in [0.717, 1.165) is 11.3 Å². The second-order valence-electron chi connectivity index (χ2n) is 9.71. The molecule has 3 aromatic carbocycles. The first-order valence-corrected chi connectivity index (χ1v) is 13.3. The molecular formula is C29H22ClFN6O5. The van der Waals surface area contributed by atoms with E-state index in [4.69, 9.17) is 16.4 Å². The lowest BCUT2D eigenvalue weighted by molar-refractivity contribution is -0.148. The number of anilines is 1. The van der Waals surface area contributed by atoms with Crippen molar-refractivity contribution in [2.45, 2.75) is 25.0 Å². The highest BCUT2D eigenvalue weighted by molar-refractivity contribution is 6.31. The highest BCUT2D eigenvalue weighted by Crippen LogP contribution is 2.36. The van der Waals surface area contributed by atoms with Crippen LogP contribution in [0.15, 0.2) is 78.5 Å². The van der Waals surface area contributed by atoms with Crippen LogP contribution in [0.1, 0.15) is 39.5 Å². The van der Waals surface area contributed by atoms with E-state index in [-0.39, 0.29) is 34.8 Å². The van der Waals surface area contributed by atoms with Crippen molar-refractivity contribution in [1.82, 2.24) is 19.7 Å². The first-order valence-electron chi connectivity index (χ1n) is 12.9. The minimum Gasteiger partial charge on any atom is -0.478 e. The van der Waals surface area contributed by atoms with Crippen LogP contribution in [0, 0.1) is 5.82 Å². The van der Waals surface area contributed by atoms with Gasteiger partial charge in [-0.15, -0.1) is 10.2 Å². The molecule has 11 nitrogen and oxygen atoms in total. The van der Waals surface area contributed by atoms with Crippen LogP contribution in [-0.2, 0) is 20.8 Å². The molecule has 2 aliphatic heterocycles. The van der Waals surface area contributed by atoms with Crippen molar-refractivity contribution in [3.63, 3.8) is 0 Å². The molecule has 0 radical (unpaired) electrons. The lowest BCUT2D eigenvalue weighted by atomic mass is 9.89. The van der Waals surface area contributed by atoms with Gasteiger partial charge in [0.1, 0.15) is 18.7 Å². The van der Waals surface area contributed by atoms with Crippen molar-refractivity contribution in [1.29, 1.82) is 0 Å². The summed E-state index contributed by atoms with van der Waals surface area (Å²) in [6.07, 6.45) is 2.44. The average molecular weight is 589 g/mol. The number of hydrogen-bond donors (Lipinski definition) is 2. The number of hydrogen-bond acceptors (Lipinski definition) is 7. The van der Waals surface area contributed by atoms with Gasteiger partial charge in [0, 0.05) is 24.2 Å². The van der Waals surface area contributed by atoms with Crippen LogP contribution < -0.4 is 5.32 Å². The maximum atomic E-state index is 14.6. The molecule has 2 N–H and O–H groups in total. The maximum Gasteiger partial charge on any atom is 0.335 e. The molecule has 0 aliphatic carbocycles. The lowest BCUT2D eigenvalue weighted by Crippen LogP contribution is -2.49. The molecular weight excluding hydrogens is 567 g/mol. The van der Waals surface area contributed by atoms with Gasteiger partial charge >= 0.3 is 5.97 Å². The van der Waals surface area contributed by atoms with E-state index >= 15 is 0 Å². The predicted octanol–water partition coefficient (Wildman–Crippen LogP) is 4.02. The van der Waals surface area contributed by atoms with E-state index in [1.54, 1.807) is 35.4 Å². The Bertz CT molecular complexity index is 1730. The number of benzene rings is 3. The van der Waals surface area contributed by atoms with E-state index < -0.39 is 35.7 Å². The Morgan fingerprint density at radius 3 is 2.50 bits per heavy atom. The number of nitrogens with zero attached hydrogens (tertiary/aromatic N) is 5. The molecule has 6 rings (SSSR count). The van der Waals surface area contributed by atoms with Gasteiger partial charge in [-0.25, -0.2) is 9.18 Å². The summed E-state index contributed by atoms with van der Waals surface area (Å²) in [6.45, 7) is 0.182. The number of rotatable bonds is 6. The fourth-order valence-corrected chi connectivity index (χ4v) is 5.40. The van der Waals surface area contributed by atoms with Gasteiger partial charge in [0.15, 0.2) is 5.82 Å². The number of nitrogens with one attached hydrogen (secondary N) is 1. The molecule has 0 saturated carbocycles. The van der Waals surface area contributed by atoms with Crippen LogP contribution in [0.25, 0.3) is 5.69 Å². The van der Waals surface area contributed by atoms with E-state index in [2.05, 4.69) is 20.7 Å². The maximum absolute atomic E-state index is 14.6. The van der Waals surface area contributed by atoms with Crippen LogP contribution >= 0.6 is 11.6 Å². The van der Waals surface area contributed by atoms with E-state index in [1.165, 1.54) is 41.3 Å². The lowest BCUT2D eigenvalue weighted by Gasteiger charge is -2.38. The quantitative estimate of drug-likeness (QED) is 0.347. The Labute approximate surface area is 243 Å². The predicted molar refractivity (Wildman–Crippen MR) is 149 cm³/mol. The Balaban J connectivity index is 1.31. The molecule has 0 saturated heterocycles. The number of oxime groups is 1. The number of carboxylic acid groups (broad SMARTS) is 1. The molecule has 4 aromatic rings. The van der Waals surface area contributed by atoms with Crippen LogP contribution in [0.2, 0.25) is 5.02 Å². The number of carbonyl (C=O) groups excluding carboxylic acids is 2. The summed E-state index contributed by atoms with van der Waals surface area (Å²) >= 11 is 5.93. The Morgan fingerprint density at radius 2 is 1.76 bits per heavy atom. The standard InChI is InChI=1S/C29H22ClFN6O5/c30-21-5-1-4-20(25(21)31)22-13-24(42-35-22)28(39)37-12-11-18-19(3-2-6-23(18)36-14-32-33-15-36)26(37)27(38)34-17-9-7-16(8-10-17)29(40)41/h1-10,14-15,24,26H,11-13H2,(H,34,38)(H,40,41)/t24?,26-/m1/s1. The molecule has 212 valence electrons. The molecule has 2 amide bonds. The zero-order valence-electron chi connectivity index (χ0n) is 21.8. The Kier molecular flexibility index (Phi) is 7.13. The van der Waals surface area contributed by atoms with Crippen molar-refractivity contribution >= 4 is 40.8 Å². The molecule has 2 aliphatic rings. The van der Waals surface area contributed by atoms with E-state index in [9.17, 15) is 23.9 Å². The fourth-order valence-electron chi connectivity index (χ4n) is 5.22. The third-order valence-electron chi connectivity index (χ3n) is 7.23. The van der Waals surface area contributed by atoms with Gasteiger partial charge in [-0.1, -0.05) is 35.0 Å². The first-order chi connectivity index (χ1) is 20.3. The van der Waals surface area contributed by atoms with Crippen molar-refractivity contribution in [2.75, 3.05) is 11.9 Å². The van der Waals surface area contributed by atoms with Gasteiger partial charge in [-0.2, -0.15) is 0 Å². The zero-order chi connectivity index (χ0) is 29.4. The first kappa shape index (κ1) is 27.1. The highest BCUT2D eigenvalue weighted by Gasteiger charge is 2.42.